The van der Waals surface area contributed by atoms with Gasteiger partial charge >= 0.3 is 0 Å². The number of para-hydroxylation sites is 1. The number of fused-ring (bicyclic) bond motifs is 1. The number of halogens is 2. The molecule has 0 aliphatic rings. The standard InChI is InChI=1S/C19H18Cl2N2O4/c20-13-2-1-3-14(21)19(13)23-11(9-24)8-17(27)18-15(5-4-12(26)10-25)22-7-6-16(18)23/h1-3,6-8,12,24-26H,4-5,9-10H2. The van der Waals surface area contributed by atoms with E-state index in [0.29, 0.717) is 44.4 Å². The summed E-state index contributed by atoms with van der Waals surface area (Å²) in [7, 11) is 0. The Bertz CT molecular complexity index is 1020. The molecule has 27 heavy (non-hydrogen) atoms. The van der Waals surface area contributed by atoms with E-state index in [1.54, 1.807) is 35.0 Å². The second kappa shape index (κ2) is 8.37. The molecular weight excluding hydrogens is 391 g/mol. The summed E-state index contributed by atoms with van der Waals surface area (Å²) in [4.78, 5) is 17.0. The van der Waals surface area contributed by atoms with Gasteiger partial charge in [0.1, 0.15) is 0 Å². The highest BCUT2D eigenvalue weighted by Gasteiger charge is 2.18. The van der Waals surface area contributed by atoms with Gasteiger partial charge in [0.2, 0.25) is 0 Å². The highest BCUT2D eigenvalue weighted by molar-refractivity contribution is 6.37. The van der Waals surface area contributed by atoms with Crippen LogP contribution in [-0.2, 0) is 13.0 Å². The van der Waals surface area contributed by atoms with Crippen molar-refractivity contribution in [2.45, 2.75) is 25.6 Å². The first-order valence-electron chi connectivity index (χ1n) is 8.34. The predicted molar refractivity (Wildman–Crippen MR) is 105 cm³/mol. The van der Waals surface area contributed by atoms with E-state index in [1.165, 1.54) is 6.07 Å². The van der Waals surface area contributed by atoms with Gasteiger partial charge in [-0.2, -0.15) is 0 Å². The van der Waals surface area contributed by atoms with Crippen molar-refractivity contribution in [3.05, 3.63) is 68.2 Å². The molecule has 0 radical (unpaired) electrons. The van der Waals surface area contributed by atoms with E-state index < -0.39 is 6.10 Å². The van der Waals surface area contributed by atoms with Crippen molar-refractivity contribution < 1.29 is 15.3 Å². The van der Waals surface area contributed by atoms with Crippen LogP contribution in [0.1, 0.15) is 17.8 Å². The lowest BCUT2D eigenvalue weighted by atomic mass is 10.1. The van der Waals surface area contributed by atoms with Gasteiger partial charge in [-0.1, -0.05) is 29.3 Å². The summed E-state index contributed by atoms with van der Waals surface area (Å²) < 4.78 is 1.65. The van der Waals surface area contributed by atoms with Gasteiger partial charge in [-0.3, -0.25) is 9.78 Å². The molecule has 2 aromatic heterocycles. The molecule has 142 valence electrons. The summed E-state index contributed by atoms with van der Waals surface area (Å²) in [6.45, 7) is -0.744. The Hall–Kier alpha value is -1.96. The van der Waals surface area contributed by atoms with Crippen LogP contribution in [0.3, 0.4) is 0 Å². The number of rotatable bonds is 6. The summed E-state index contributed by atoms with van der Waals surface area (Å²) >= 11 is 12.7. The largest absolute Gasteiger partial charge is 0.394 e. The van der Waals surface area contributed by atoms with Crippen LogP contribution in [0.5, 0.6) is 0 Å². The Morgan fingerprint density at radius 1 is 1.15 bits per heavy atom. The van der Waals surface area contributed by atoms with Crippen LogP contribution in [0.15, 0.2) is 41.3 Å². The van der Waals surface area contributed by atoms with Crippen molar-refractivity contribution in [2.24, 2.45) is 0 Å². The van der Waals surface area contributed by atoms with Gasteiger partial charge in [0.05, 0.1) is 57.3 Å². The minimum Gasteiger partial charge on any atom is -0.394 e. The molecule has 0 amide bonds. The van der Waals surface area contributed by atoms with Crippen molar-refractivity contribution >= 4 is 34.1 Å². The van der Waals surface area contributed by atoms with Gasteiger partial charge < -0.3 is 19.9 Å². The van der Waals surface area contributed by atoms with Crippen LogP contribution >= 0.6 is 23.2 Å². The fraction of sp³-hybridized carbons (Fsp3) is 0.263. The van der Waals surface area contributed by atoms with Crippen molar-refractivity contribution in [3.63, 3.8) is 0 Å². The first-order valence-corrected chi connectivity index (χ1v) is 9.10. The summed E-state index contributed by atoms with van der Waals surface area (Å²) in [6, 6.07) is 8.04. The van der Waals surface area contributed by atoms with E-state index in [9.17, 15) is 15.0 Å². The minimum absolute atomic E-state index is 0.261. The third kappa shape index (κ3) is 3.85. The second-order valence-electron chi connectivity index (χ2n) is 6.09. The lowest BCUT2D eigenvalue weighted by Crippen LogP contribution is -2.17. The highest BCUT2D eigenvalue weighted by atomic mass is 35.5. The van der Waals surface area contributed by atoms with E-state index >= 15 is 0 Å². The van der Waals surface area contributed by atoms with Crippen molar-refractivity contribution in [1.29, 1.82) is 0 Å². The average molecular weight is 409 g/mol. The van der Waals surface area contributed by atoms with Crippen molar-refractivity contribution in [3.8, 4) is 5.69 Å². The van der Waals surface area contributed by atoms with Crippen LogP contribution in [-0.4, -0.2) is 37.6 Å². The Balaban J connectivity index is 2.31. The number of aromatic nitrogens is 2. The van der Waals surface area contributed by atoms with Crippen molar-refractivity contribution in [1.82, 2.24) is 9.55 Å². The van der Waals surface area contributed by atoms with Gasteiger partial charge in [0.15, 0.2) is 5.43 Å². The van der Waals surface area contributed by atoms with E-state index in [2.05, 4.69) is 4.98 Å². The molecule has 3 aromatic rings. The first-order chi connectivity index (χ1) is 13.0. The molecule has 3 N–H and O–H groups in total. The minimum atomic E-state index is -0.890. The topological polar surface area (TPSA) is 95.6 Å². The average Bonchev–Trinajstić information content (AvgIpc) is 2.66. The summed E-state index contributed by atoms with van der Waals surface area (Å²) in [5, 5.41) is 29.5. The van der Waals surface area contributed by atoms with Gasteiger partial charge in [0.25, 0.3) is 0 Å². The molecule has 0 aliphatic heterocycles. The third-order valence-electron chi connectivity index (χ3n) is 4.33. The van der Waals surface area contributed by atoms with E-state index in [4.69, 9.17) is 28.3 Å². The highest BCUT2D eigenvalue weighted by Crippen LogP contribution is 2.32. The fourth-order valence-electron chi connectivity index (χ4n) is 3.06. The number of pyridine rings is 2. The molecule has 1 atom stereocenters. The van der Waals surface area contributed by atoms with E-state index in [-0.39, 0.29) is 25.1 Å². The van der Waals surface area contributed by atoms with Crippen LogP contribution < -0.4 is 5.43 Å². The van der Waals surface area contributed by atoms with E-state index in [1.807, 2.05) is 0 Å². The second-order valence-corrected chi connectivity index (χ2v) is 6.90. The fourth-order valence-corrected chi connectivity index (χ4v) is 3.62. The summed E-state index contributed by atoms with van der Waals surface area (Å²) in [6.07, 6.45) is 1.23. The Morgan fingerprint density at radius 2 is 1.85 bits per heavy atom. The predicted octanol–water partition coefficient (Wildman–Crippen LogP) is 2.47. The maximum Gasteiger partial charge on any atom is 0.191 e. The molecule has 3 rings (SSSR count). The normalized spacial score (nSPS) is 12.5. The van der Waals surface area contributed by atoms with Crippen LogP contribution in [0, 0.1) is 0 Å². The quantitative estimate of drug-likeness (QED) is 0.582. The number of aliphatic hydroxyl groups excluding tert-OH is 3. The maximum absolute atomic E-state index is 12.7. The molecule has 6 nitrogen and oxygen atoms in total. The number of aliphatic hydroxyl groups is 3. The molecule has 1 aromatic carbocycles. The zero-order chi connectivity index (χ0) is 19.6. The van der Waals surface area contributed by atoms with Gasteiger partial charge in [-0.25, -0.2) is 0 Å². The smallest absolute Gasteiger partial charge is 0.191 e. The molecule has 0 bridgehead atoms. The zero-order valence-electron chi connectivity index (χ0n) is 14.3. The number of hydrogen-bond acceptors (Lipinski definition) is 5. The molecule has 0 saturated heterocycles. The first kappa shape index (κ1) is 19.8. The summed E-state index contributed by atoms with van der Waals surface area (Å²) in [5.74, 6) is 0. The van der Waals surface area contributed by atoms with Crippen molar-refractivity contribution in [2.75, 3.05) is 6.61 Å². The van der Waals surface area contributed by atoms with Gasteiger partial charge in [-0.05, 0) is 31.0 Å². The SMILES string of the molecule is O=c1cc(CO)n(-c2c(Cl)cccc2Cl)c2ccnc(CCC(O)CO)c12. The Kier molecular flexibility index (Phi) is 6.14. The lowest BCUT2D eigenvalue weighted by molar-refractivity contribution is 0.0884. The Labute approximate surface area is 165 Å². The molecule has 0 fully saturated rings. The summed E-state index contributed by atoms with van der Waals surface area (Å²) in [5.41, 5.74) is 1.50. The zero-order valence-corrected chi connectivity index (χ0v) is 15.8. The molecule has 1 unspecified atom stereocenters. The molecule has 2 heterocycles. The molecule has 0 saturated carbocycles. The van der Waals surface area contributed by atoms with Crippen LogP contribution in [0.25, 0.3) is 16.6 Å². The molecule has 8 heteroatoms. The molecule has 0 aliphatic carbocycles. The maximum atomic E-state index is 12.7. The number of aryl methyl sites for hydroxylation is 1. The monoisotopic (exact) mass is 408 g/mol. The Morgan fingerprint density at radius 3 is 2.48 bits per heavy atom. The number of benzene rings is 1. The van der Waals surface area contributed by atoms with Gasteiger partial charge in [-0.15, -0.1) is 0 Å². The number of hydrogen-bond donors (Lipinski definition) is 3. The third-order valence-corrected chi connectivity index (χ3v) is 4.94. The number of nitrogens with zero attached hydrogens (tertiary/aromatic N) is 2. The van der Waals surface area contributed by atoms with E-state index in [0.717, 1.165) is 0 Å². The molecule has 0 spiro atoms. The lowest BCUT2D eigenvalue weighted by Gasteiger charge is -2.19. The molecular formula is C19H18Cl2N2O4. The van der Waals surface area contributed by atoms with Crippen LogP contribution in [0.2, 0.25) is 10.0 Å². The van der Waals surface area contributed by atoms with Gasteiger partial charge in [0, 0.05) is 12.3 Å². The van der Waals surface area contributed by atoms with Crippen LogP contribution in [0.4, 0.5) is 0 Å².